The molecule has 0 aliphatic carbocycles. The van der Waals surface area contributed by atoms with E-state index < -0.39 is 0 Å². The molecule has 0 atom stereocenters. The van der Waals surface area contributed by atoms with Gasteiger partial charge in [0.2, 0.25) is 5.91 Å². The van der Waals surface area contributed by atoms with Gasteiger partial charge in [-0.15, -0.1) is 0 Å². The first kappa shape index (κ1) is 16.5. The Morgan fingerprint density at radius 1 is 1.25 bits per heavy atom. The molecule has 4 nitrogen and oxygen atoms in total. The van der Waals surface area contributed by atoms with Crippen LogP contribution in [0.3, 0.4) is 0 Å². The molecule has 20 heavy (non-hydrogen) atoms. The molecule has 0 unspecified atom stereocenters. The summed E-state index contributed by atoms with van der Waals surface area (Å²) in [7, 11) is 0. The molecule has 112 valence electrons. The van der Waals surface area contributed by atoms with E-state index in [-0.39, 0.29) is 17.9 Å². The molecule has 4 heteroatoms. The fourth-order valence-corrected chi connectivity index (χ4v) is 1.76. The van der Waals surface area contributed by atoms with Gasteiger partial charge in [0.15, 0.2) is 0 Å². The highest BCUT2D eigenvalue weighted by atomic mass is 16.5. The molecule has 0 spiro atoms. The zero-order chi connectivity index (χ0) is 15.0. The normalized spacial score (nSPS) is 11.2. The second kappa shape index (κ2) is 7.90. The standard InChI is InChI=1S/C16H25NO3/c1-16(2,3)13-6-8-14(9-7-13)20-12-4-5-15(19)17-10-11-18/h6-9,18H,4-5,10-12H2,1-3H3,(H,17,19). The summed E-state index contributed by atoms with van der Waals surface area (Å²) in [4.78, 5) is 11.3. The second-order valence-corrected chi connectivity index (χ2v) is 5.80. The number of aliphatic hydroxyl groups is 1. The van der Waals surface area contributed by atoms with Gasteiger partial charge >= 0.3 is 0 Å². The summed E-state index contributed by atoms with van der Waals surface area (Å²) in [6.45, 7) is 7.33. The maximum atomic E-state index is 11.3. The van der Waals surface area contributed by atoms with E-state index in [1.807, 2.05) is 12.1 Å². The number of hydrogen-bond donors (Lipinski definition) is 2. The SMILES string of the molecule is CC(C)(C)c1ccc(OCCCC(=O)NCCO)cc1. The summed E-state index contributed by atoms with van der Waals surface area (Å²) >= 11 is 0. The number of rotatable bonds is 7. The molecule has 0 radical (unpaired) electrons. The topological polar surface area (TPSA) is 58.6 Å². The minimum Gasteiger partial charge on any atom is -0.494 e. The molecule has 0 aliphatic heterocycles. The number of nitrogens with one attached hydrogen (secondary N) is 1. The van der Waals surface area contributed by atoms with Gasteiger partial charge in [0.25, 0.3) is 0 Å². The summed E-state index contributed by atoms with van der Waals surface area (Å²) < 4.78 is 5.60. The fourth-order valence-electron chi connectivity index (χ4n) is 1.76. The van der Waals surface area contributed by atoms with Crippen LogP contribution in [0.5, 0.6) is 5.75 Å². The molecule has 1 aromatic carbocycles. The second-order valence-electron chi connectivity index (χ2n) is 5.80. The highest BCUT2D eigenvalue weighted by Crippen LogP contribution is 2.24. The number of ether oxygens (including phenoxy) is 1. The monoisotopic (exact) mass is 279 g/mol. The average Bonchev–Trinajstić information content (AvgIpc) is 2.41. The summed E-state index contributed by atoms with van der Waals surface area (Å²) in [5.41, 5.74) is 1.41. The minimum absolute atomic E-state index is 0.0254. The molecule has 0 aliphatic rings. The summed E-state index contributed by atoms with van der Waals surface area (Å²) in [5.74, 6) is 0.777. The fraction of sp³-hybridized carbons (Fsp3) is 0.562. The van der Waals surface area contributed by atoms with Crippen LogP contribution in [0.2, 0.25) is 0 Å². The molecule has 0 saturated heterocycles. The Morgan fingerprint density at radius 3 is 2.45 bits per heavy atom. The van der Waals surface area contributed by atoms with Crippen molar-refractivity contribution in [1.29, 1.82) is 0 Å². The van der Waals surface area contributed by atoms with Gasteiger partial charge in [-0.3, -0.25) is 4.79 Å². The maximum absolute atomic E-state index is 11.3. The van der Waals surface area contributed by atoms with Crippen molar-refractivity contribution < 1.29 is 14.6 Å². The largest absolute Gasteiger partial charge is 0.494 e. The lowest BCUT2D eigenvalue weighted by Gasteiger charge is -2.19. The first-order valence-electron chi connectivity index (χ1n) is 7.04. The number of carbonyl (C=O) groups excluding carboxylic acids is 1. The quantitative estimate of drug-likeness (QED) is 0.753. The van der Waals surface area contributed by atoms with E-state index in [2.05, 4.69) is 38.2 Å². The molecule has 1 rings (SSSR count). The maximum Gasteiger partial charge on any atom is 0.220 e. The van der Waals surface area contributed by atoms with Gasteiger partial charge < -0.3 is 15.2 Å². The average molecular weight is 279 g/mol. The van der Waals surface area contributed by atoms with E-state index in [9.17, 15) is 4.79 Å². The Hall–Kier alpha value is -1.55. The lowest BCUT2D eigenvalue weighted by atomic mass is 9.87. The van der Waals surface area contributed by atoms with Crippen LogP contribution in [0, 0.1) is 0 Å². The third kappa shape index (κ3) is 6.06. The van der Waals surface area contributed by atoms with E-state index in [4.69, 9.17) is 9.84 Å². The lowest BCUT2D eigenvalue weighted by molar-refractivity contribution is -0.121. The summed E-state index contributed by atoms with van der Waals surface area (Å²) in [5, 5.41) is 11.2. The van der Waals surface area contributed by atoms with Crippen LogP contribution >= 0.6 is 0 Å². The van der Waals surface area contributed by atoms with Crippen molar-refractivity contribution >= 4 is 5.91 Å². The first-order chi connectivity index (χ1) is 9.43. The Bertz CT molecular complexity index is 407. The van der Waals surface area contributed by atoms with Crippen molar-refractivity contribution in [3.8, 4) is 5.75 Å². The van der Waals surface area contributed by atoms with E-state index in [0.29, 0.717) is 26.0 Å². The Morgan fingerprint density at radius 2 is 1.90 bits per heavy atom. The smallest absolute Gasteiger partial charge is 0.220 e. The van der Waals surface area contributed by atoms with Crippen LogP contribution in [-0.4, -0.2) is 30.8 Å². The number of carbonyl (C=O) groups is 1. The van der Waals surface area contributed by atoms with Crippen molar-refractivity contribution in [1.82, 2.24) is 5.32 Å². The van der Waals surface area contributed by atoms with E-state index >= 15 is 0 Å². The summed E-state index contributed by atoms with van der Waals surface area (Å²) in [6.07, 6.45) is 1.08. The highest BCUT2D eigenvalue weighted by Gasteiger charge is 2.12. The van der Waals surface area contributed by atoms with E-state index in [1.54, 1.807) is 0 Å². The van der Waals surface area contributed by atoms with Crippen LogP contribution in [0.4, 0.5) is 0 Å². The van der Waals surface area contributed by atoms with Crippen LogP contribution in [0.25, 0.3) is 0 Å². The van der Waals surface area contributed by atoms with Gasteiger partial charge in [0.1, 0.15) is 5.75 Å². The molecule has 1 amide bonds. The highest BCUT2D eigenvalue weighted by molar-refractivity contribution is 5.75. The molecule has 0 saturated carbocycles. The third-order valence-electron chi connectivity index (χ3n) is 2.97. The number of benzene rings is 1. The molecule has 0 bridgehead atoms. The van der Waals surface area contributed by atoms with Crippen molar-refractivity contribution in [2.75, 3.05) is 19.8 Å². The molecular weight excluding hydrogens is 254 g/mol. The first-order valence-corrected chi connectivity index (χ1v) is 7.04. The van der Waals surface area contributed by atoms with E-state index in [0.717, 1.165) is 5.75 Å². The number of hydrogen-bond acceptors (Lipinski definition) is 3. The van der Waals surface area contributed by atoms with Crippen LogP contribution in [0.15, 0.2) is 24.3 Å². The Labute approximate surface area is 121 Å². The molecular formula is C16H25NO3. The molecule has 0 heterocycles. The number of aliphatic hydroxyl groups excluding tert-OH is 1. The van der Waals surface area contributed by atoms with Gasteiger partial charge in [0, 0.05) is 13.0 Å². The van der Waals surface area contributed by atoms with Crippen LogP contribution in [0.1, 0.15) is 39.2 Å². The zero-order valence-corrected chi connectivity index (χ0v) is 12.6. The Kier molecular flexibility index (Phi) is 6.52. The molecule has 2 N–H and O–H groups in total. The van der Waals surface area contributed by atoms with Crippen LogP contribution in [-0.2, 0) is 10.2 Å². The third-order valence-corrected chi connectivity index (χ3v) is 2.97. The Balaban J connectivity index is 2.27. The predicted molar refractivity (Wildman–Crippen MR) is 80.0 cm³/mol. The van der Waals surface area contributed by atoms with Gasteiger partial charge in [-0.2, -0.15) is 0 Å². The predicted octanol–water partition coefficient (Wildman–Crippen LogP) is 2.25. The van der Waals surface area contributed by atoms with Crippen molar-refractivity contribution in [3.05, 3.63) is 29.8 Å². The van der Waals surface area contributed by atoms with Gasteiger partial charge in [-0.25, -0.2) is 0 Å². The van der Waals surface area contributed by atoms with E-state index in [1.165, 1.54) is 5.56 Å². The van der Waals surface area contributed by atoms with Gasteiger partial charge in [-0.1, -0.05) is 32.9 Å². The van der Waals surface area contributed by atoms with Crippen molar-refractivity contribution in [3.63, 3.8) is 0 Å². The van der Waals surface area contributed by atoms with Gasteiger partial charge in [-0.05, 0) is 29.5 Å². The summed E-state index contributed by atoms with van der Waals surface area (Å²) in [6, 6.07) is 8.07. The molecule has 0 fully saturated rings. The van der Waals surface area contributed by atoms with Gasteiger partial charge in [0.05, 0.1) is 13.2 Å². The minimum atomic E-state index is -0.0502. The number of amides is 1. The zero-order valence-electron chi connectivity index (χ0n) is 12.6. The molecule has 1 aromatic rings. The van der Waals surface area contributed by atoms with Crippen LogP contribution < -0.4 is 10.1 Å². The lowest BCUT2D eigenvalue weighted by Crippen LogP contribution is -2.26. The molecule has 0 aromatic heterocycles. The van der Waals surface area contributed by atoms with Crippen molar-refractivity contribution in [2.24, 2.45) is 0 Å². The van der Waals surface area contributed by atoms with Crippen molar-refractivity contribution in [2.45, 2.75) is 39.0 Å².